The number of ketones is 1. The summed E-state index contributed by atoms with van der Waals surface area (Å²) in [5.41, 5.74) is 0. The highest BCUT2D eigenvalue weighted by Gasteiger charge is 2.38. The van der Waals surface area contributed by atoms with Gasteiger partial charge in [-0.1, -0.05) is 41.0 Å². The minimum atomic E-state index is -1.02. The standard InChI is InChI=1S/C21H38O6/c1-7-8-18-14(5)20(25)15(6)19(24)12(3)9-11(2)16(22)10-17(23)13(4)21(26)27-18/h11-18,20,22-23,25H,7-10H2,1-6H3/t11?,12-,13-,14+,15+,16?,17+,18-,20+/m1/s1. The summed E-state index contributed by atoms with van der Waals surface area (Å²) >= 11 is 0. The molecule has 3 N–H and O–H groups in total. The first-order chi connectivity index (χ1) is 12.5. The molecule has 0 aliphatic carbocycles. The van der Waals surface area contributed by atoms with Crippen LogP contribution in [0.15, 0.2) is 0 Å². The first-order valence-corrected chi connectivity index (χ1v) is 10.3. The number of aliphatic hydroxyl groups is 3. The van der Waals surface area contributed by atoms with Crippen LogP contribution in [0.2, 0.25) is 0 Å². The van der Waals surface area contributed by atoms with E-state index >= 15 is 0 Å². The van der Waals surface area contributed by atoms with E-state index in [0.717, 1.165) is 6.42 Å². The first-order valence-electron chi connectivity index (χ1n) is 10.3. The lowest BCUT2D eigenvalue weighted by Gasteiger charge is -2.34. The largest absolute Gasteiger partial charge is 0.462 e. The number of esters is 1. The Balaban J connectivity index is 3.16. The second kappa shape index (κ2) is 10.5. The molecule has 0 saturated carbocycles. The predicted octanol–water partition coefficient (Wildman–Crippen LogP) is 2.32. The maximum atomic E-state index is 12.8. The lowest BCUT2D eigenvalue weighted by atomic mass is 9.79. The van der Waals surface area contributed by atoms with Gasteiger partial charge in [0.15, 0.2) is 0 Å². The van der Waals surface area contributed by atoms with Gasteiger partial charge >= 0.3 is 5.97 Å². The zero-order valence-electron chi connectivity index (χ0n) is 17.6. The van der Waals surface area contributed by atoms with E-state index in [1.807, 2.05) is 20.8 Å². The molecule has 1 aliphatic heterocycles. The van der Waals surface area contributed by atoms with E-state index in [2.05, 4.69) is 0 Å². The molecule has 6 heteroatoms. The summed E-state index contributed by atoms with van der Waals surface area (Å²) in [6.45, 7) is 10.7. The fraction of sp³-hybridized carbons (Fsp3) is 0.905. The number of carbonyl (C=O) groups excluding carboxylic acids is 2. The number of Topliss-reactive ketones (excluding diaryl/α,β-unsaturated/α-hetero) is 1. The molecule has 158 valence electrons. The Bertz CT molecular complexity index is 493. The van der Waals surface area contributed by atoms with Crippen molar-refractivity contribution in [2.24, 2.45) is 29.6 Å². The van der Waals surface area contributed by atoms with Crippen molar-refractivity contribution in [1.29, 1.82) is 0 Å². The van der Waals surface area contributed by atoms with Gasteiger partial charge in [0.05, 0.1) is 24.2 Å². The molecule has 1 rings (SSSR count). The van der Waals surface area contributed by atoms with Gasteiger partial charge in [0, 0.05) is 24.2 Å². The summed E-state index contributed by atoms with van der Waals surface area (Å²) in [4.78, 5) is 25.3. The minimum Gasteiger partial charge on any atom is -0.462 e. The van der Waals surface area contributed by atoms with Gasteiger partial charge in [-0.05, 0) is 25.7 Å². The van der Waals surface area contributed by atoms with Crippen molar-refractivity contribution in [2.45, 2.75) is 91.6 Å². The summed E-state index contributed by atoms with van der Waals surface area (Å²) in [6, 6.07) is 0. The highest BCUT2D eigenvalue weighted by atomic mass is 16.5. The zero-order valence-corrected chi connectivity index (χ0v) is 17.6. The number of cyclic esters (lactones) is 1. The molecule has 0 spiro atoms. The van der Waals surface area contributed by atoms with E-state index in [1.165, 1.54) is 0 Å². The fourth-order valence-corrected chi connectivity index (χ4v) is 3.93. The molecule has 1 saturated heterocycles. The fourth-order valence-electron chi connectivity index (χ4n) is 3.93. The summed E-state index contributed by atoms with van der Waals surface area (Å²) in [5.74, 6) is -2.85. The molecular formula is C21H38O6. The molecule has 1 fully saturated rings. The van der Waals surface area contributed by atoms with Crippen LogP contribution in [0.25, 0.3) is 0 Å². The van der Waals surface area contributed by atoms with Crippen molar-refractivity contribution >= 4 is 11.8 Å². The lowest BCUT2D eigenvalue weighted by Crippen LogP contribution is -2.43. The van der Waals surface area contributed by atoms with Crippen LogP contribution in [0.5, 0.6) is 0 Å². The molecule has 0 bridgehead atoms. The van der Waals surface area contributed by atoms with Crippen LogP contribution in [0, 0.1) is 29.6 Å². The number of hydrogen-bond donors (Lipinski definition) is 3. The third kappa shape index (κ3) is 6.26. The van der Waals surface area contributed by atoms with Crippen LogP contribution < -0.4 is 0 Å². The van der Waals surface area contributed by atoms with Crippen molar-refractivity contribution in [3.05, 3.63) is 0 Å². The molecule has 0 aromatic heterocycles. The molecule has 0 aromatic rings. The Morgan fingerprint density at radius 3 is 2.07 bits per heavy atom. The van der Waals surface area contributed by atoms with Crippen LogP contribution in [0.1, 0.15) is 67.2 Å². The van der Waals surface area contributed by atoms with Gasteiger partial charge in [-0.15, -0.1) is 0 Å². The highest BCUT2D eigenvalue weighted by molar-refractivity contribution is 5.83. The van der Waals surface area contributed by atoms with E-state index in [1.54, 1.807) is 20.8 Å². The Kier molecular flexibility index (Phi) is 9.39. The van der Waals surface area contributed by atoms with Crippen molar-refractivity contribution in [3.63, 3.8) is 0 Å². The van der Waals surface area contributed by atoms with Crippen LogP contribution >= 0.6 is 0 Å². The molecular weight excluding hydrogens is 348 g/mol. The summed E-state index contributed by atoms with van der Waals surface area (Å²) in [7, 11) is 0. The maximum absolute atomic E-state index is 12.8. The number of hydrogen-bond acceptors (Lipinski definition) is 6. The zero-order chi connectivity index (χ0) is 20.9. The van der Waals surface area contributed by atoms with Crippen LogP contribution in [0.4, 0.5) is 0 Å². The third-order valence-electron chi connectivity index (χ3n) is 6.23. The molecule has 1 aliphatic rings. The van der Waals surface area contributed by atoms with Gasteiger partial charge < -0.3 is 20.1 Å². The molecule has 0 aromatic carbocycles. The topological polar surface area (TPSA) is 104 Å². The molecule has 1 heterocycles. The lowest BCUT2D eigenvalue weighted by molar-refractivity contribution is -0.164. The quantitative estimate of drug-likeness (QED) is 0.629. The van der Waals surface area contributed by atoms with E-state index in [-0.39, 0.29) is 24.0 Å². The average Bonchev–Trinajstić information content (AvgIpc) is 2.63. The number of carbonyl (C=O) groups is 2. The van der Waals surface area contributed by atoms with E-state index in [0.29, 0.717) is 12.8 Å². The second-order valence-electron chi connectivity index (χ2n) is 8.58. The second-order valence-corrected chi connectivity index (χ2v) is 8.58. The Hall–Kier alpha value is -0.980. The molecule has 0 amide bonds. The van der Waals surface area contributed by atoms with Gasteiger partial charge in [0.2, 0.25) is 0 Å². The van der Waals surface area contributed by atoms with Gasteiger partial charge in [0.25, 0.3) is 0 Å². The Labute approximate surface area is 163 Å². The predicted molar refractivity (Wildman–Crippen MR) is 103 cm³/mol. The summed E-state index contributed by atoms with van der Waals surface area (Å²) in [5, 5.41) is 31.5. The Morgan fingerprint density at radius 2 is 1.52 bits per heavy atom. The van der Waals surface area contributed by atoms with Crippen LogP contribution in [0.3, 0.4) is 0 Å². The van der Waals surface area contributed by atoms with Gasteiger partial charge in [-0.25, -0.2) is 0 Å². The summed E-state index contributed by atoms with van der Waals surface area (Å²) < 4.78 is 5.62. The maximum Gasteiger partial charge on any atom is 0.311 e. The summed E-state index contributed by atoms with van der Waals surface area (Å²) in [6.07, 6.45) is -1.43. The van der Waals surface area contributed by atoms with Gasteiger partial charge in [0.1, 0.15) is 11.9 Å². The van der Waals surface area contributed by atoms with E-state index < -0.39 is 48.1 Å². The van der Waals surface area contributed by atoms with Crippen molar-refractivity contribution in [3.8, 4) is 0 Å². The molecule has 0 radical (unpaired) electrons. The number of ether oxygens (including phenoxy) is 1. The average molecular weight is 387 g/mol. The monoisotopic (exact) mass is 386 g/mol. The first kappa shape index (κ1) is 24.1. The Morgan fingerprint density at radius 1 is 0.926 bits per heavy atom. The van der Waals surface area contributed by atoms with Gasteiger partial charge in [-0.2, -0.15) is 0 Å². The van der Waals surface area contributed by atoms with E-state index in [4.69, 9.17) is 4.74 Å². The number of aliphatic hydroxyl groups excluding tert-OH is 3. The van der Waals surface area contributed by atoms with E-state index in [9.17, 15) is 24.9 Å². The number of rotatable bonds is 2. The van der Waals surface area contributed by atoms with Crippen molar-refractivity contribution < 1.29 is 29.6 Å². The van der Waals surface area contributed by atoms with Crippen molar-refractivity contribution in [1.82, 2.24) is 0 Å². The molecule has 6 nitrogen and oxygen atoms in total. The smallest absolute Gasteiger partial charge is 0.311 e. The van der Waals surface area contributed by atoms with Crippen LogP contribution in [-0.4, -0.2) is 51.5 Å². The SMILES string of the molecule is CCC[C@H]1OC(=O)[C@H](C)[C@@H](O)CC(O)C(C)C[C@@H](C)C(=O)[C@H](C)[C@@H](O)[C@H]1C. The molecule has 27 heavy (non-hydrogen) atoms. The van der Waals surface area contributed by atoms with Gasteiger partial charge in [-0.3, -0.25) is 9.59 Å². The highest BCUT2D eigenvalue weighted by Crippen LogP contribution is 2.29. The normalized spacial score (nSPS) is 43.1. The minimum absolute atomic E-state index is 0.0547. The van der Waals surface area contributed by atoms with Crippen molar-refractivity contribution in [2.75, 3.05) is 0 Å². The molecule has 9 atom stereocenters. The molecule has 2 unspecified atom stereocenters. The van der Waals surface area contributed by atoms with Crippen LogP contribution in [-0.2, 0) is 14.3 Å². The third-order valence-corrected chi connectivity index (χ3v) is 6.23.